The number of hydrogen-bond acceptors (Lipinski definition) is 2. The second-order valence-corrected chi connectivity index (χ2v) is 7.42. The van der Waals surface area contributed by atoms with E-state index < -0.39 is 5.82 Å². The van der Waals surface area contributed by atoms with Crippen LogP contribution in [0, 0.1) is 19.7 Å². The minimum Gasteiger partial charge on any atom is -0.359 e. The Bertz CT molecular complexity index is 1220. The normalized spacial score (nSPS) is 11.0. The Morgan fingerprint density at radius 3 is 2.76 bits per heavy atom. The van der Waals surface area contributed by atoms with Crippen molar-refractivity contribution in [2.75, 3.05) is 4.90 Å². The largest absolute Gasteiger partial charge is 0.359 e. The van der Waals surface area contributed by atoms with E-state index in [2.05, 4.69) is 16.0 Å². The molecule has 1 amide bonds. The maximum atomic E-state index is 13.6. The number of fused-ring (bicyclic) bond motifs is 1. The molecule has 146 valence electrons. The molecule has 0 aliphatic rings. The first kappa shape index (κ1) is 19.2. The lowest BCUT2D eigenvalue weighted by molar-refractivity contribution is 0.0984. The van der Waals surface area contributed by atoms with Crippen LogP contribution in [0.2, 0.25) is 5.02 Å². The summed E-state index contributed by atoms with van der Waals surface area (Å²) in [6.45, 7) is 4.12. The molecule has 0 atom stereocenters. The average molecular weight is 408 g/mol. The zero-order valence-electron chi connectivity index (χ0n) is 16.0. The van der Waals surface area contributed by atoms with Crippen molar-refractivity contribution in [3.63, 3.8) is 0 Å². The van der Waals surface area contributed by atoms with Gasteiger partial charge in [-0.15, -0.1) is 0 Å². The molecule has 0 aliphatic carbocycles. The number of aromatic nitrogens is 2. The molecule has 0 unspecified atom stereocenters. The maximum absolute atomic E-state index is 13.6. The van der Waals surface area contributed by atoms with Crippen LogP contribution in [0.4, 0.5) is 10.1 Å². The van der Waals surface area contributed by atoms with Gasteiger partial charge in [-0.3, -0.25) is 9.78 Å². The molecule has 0 saturated heterocycles. The number of halogens is 2. The van der Waals surface area contributed by atoms with Crippen LogP contribution >= 0.6 is 11.6 Å². The van der Waals surface area contributed by atoms with Gasteiger partial charge in [-0.25, -0.2) is 4.39 Å². The minimum absolute atomic E-state index is 0.183. The van der Waals surface area contributed by atoms with E-state index in [0.29, 0.717) is 17.8 Å². The fourth-order valence-electron chi connectivity index (χ4n) is 3.49. The average Bonchev–Trinajstić information content (AvgIpc) is 3.07. The number of carbonyl (C=O) groups excluding carboxylic acids is 1. The summed E-state index contributed by atoms with van der Waals surface area (Å²) in [5, 5.41) is 1.22. The molecule has 2 heterocycles. The number of aryl methyl sites for hydroxylation is 2. The highest BCUT2D eigenvalue weighted by molar-refractivity contribution is 6.34. The second kappa shape index (κ2) is 7.68. The highest BCUT2D eigenvalue weighted by Gasteiger charge is 2.23. The van der Waals surface area contributed by atoms with Gasteiger partial charge in [0.2, 0.25) is 0 Å². The fraction of sp³-hybridized carbons (Fsp3) is 0.130. The number of aromatic amines is 1. The zero-order valence-corrected chi connectivity index (χ0v) is 16.8. The lowest BCUT2D eigenvalue weighted by Gasteiger charge is -2.25. The van der Waals surface area contributed by atoms with Gasteiger partial charge in [0.1, 0.15) is 5.82 Å². The molecule has 0 radical (unpaired) electrons. The molecule has 4 aromatic rings. The summed E-state index contributed by atoms with van der Waals surface area (Å²) < 4.78 is 13.6. The van der Waals surface area contributed by atoms with Crippen LogP contribution in [0.25, 0.3) is 10.9 Å². The number of nitrogens with zero attached hydrogens (tertiary/aromatic N) is 2. The summed E-state index contributed by atoms with van der Waals surface area (Å²) in [5.74, 6) is -0.669. The van der Waals surface area contributed by atoms with Crippen molar-refractivity contribution in [2.45, 2.75) is 20.4 Å². The van der Waals surface area contributed by atoms with Gasteiger partial charge in [0, 0.05) is 34.6 Å². The number of carbonyl (C=O) groups is 1. The third-order valence-corrected chi connectivity index (χ3v) is 5.22. The van der Waals surface area contributed by atoms with Gasteiger partial charge in [-0.2, -0.15) is 0 Å². The molecular formula is C23H19ClFN3O. The van der Waals surface area contributed by atoms with Crippen LogP contribution in [0.15, 0.2) is 60.9 Å². The van der Waals surface area contributed by atoms with Crippen LogP contribution in [-0.2, 0) is 6.54 Å². The molecule has 0 saturated carbocycles. The molecule has 0 fully saturated rings. The third-order valence-electron chi connectivity index (χ3n) is 4.91. The van der Waals surface area contributed by atoms with Gasteiger partial charge in [0.05, 0.1) is 17.3 Å². The lowest BCUT2D eigenvalue weighted by Crippen LogP contribution is -2.31. The van der Waals surface area contributed by atoms with Gasteiger partial charge >= 0.3 is 0 Å². The zero-order chi connectivity index (χ0) is 20.5. The van der Waals surface area contributed by atoms with E-state index in [0.717, 1.165) is 27.7 Å². The van der Waals surface area contributed by atoms with Crippen molar-refractivity contribution in [2.24, 2.45) is 0 Å². The predicted octanol–water partition coefficient (Wildman–Crippen LogP) is 5.82. The number of nitrogens with one attached hydrogen (secondary N) is 1. The Kier molecular flexibility index (Phi) is 5.07. The Hall–Kier alpha value is -3.18. The van der Waals surface area contributed by atoms with Crippen molar-refractivity contribution in [3.05, 3.63) is 94.1 Å². The standard InChI is InChI=1S/C23H19ClFN3O/c1-14-12-26-9-8-18(14)23(29)28(22-7-6-17(25)11-20(22)24)13-16-4-3-5-21-19(16)10-15(2)27-21/h3-12,27H,13H2,1-2H3. The summed E-state index contributed by atoms with van der Waals surface area (Å²) in [7, 11) is 0. The van der Waals surface area contributed by atoms with Gasteiger partial charge in [-0.05, 0) is 61.4 Å². The quantitative estimate of drug-likeness (QED) is 0.463. The first-order chi connectivity index (χ1) is 13.9. The number of amides is 1. The van der Waals surface area contributed by atoms with Gasteiger partial charge < -0.3 is 9.88 Å². The number of hydrogen-bond donors (Lipinski definition) is 1. The molecule has 2 aromatic carbocycles. The van der Waals surface area contributed by atoms with Gasteiger partial charge in [0.25, 0.3) is 5.91 Å². The van der Waals surface area contributed by atoms with E-state index in [-0.39, 0.29) is 10.9 Å². The van der Waals surface area contributed by atoms with Crippen LogP contribution in [0.3, 0.4) is 0 Å². The minimum atomic E-state index is -0.449. The van der Waals surface area contributed by atoms with Gasteiger partial charge in [-0.1, -0.05) is 23.7 Å². The Morgan fingerprint density at radius 2 is 2.00 bits per heavy atom. The number of pyridine rings is 1. The van der Waals surface area contributed by atoms with E-state index in [1.165, 1.54) is 18.2 Å². The number of rotatable bonds is 4. The molecule has 4 rings (SSSR count). The highest BCUT2D eigenvalue weighted by Crippen LogP contribution is 2.31. The van der Waals surface area contributed by atoms with Crippen LogP contribution < -0.4 is 4.90 Å². The van der Waals surface area contributed by atoms with E-state index in [1.807, 2.05) is 32.0 Å². The Labute approximate surface area is 173 Å². The molecule has 0 bridgehead atoms. The molecule has 4 nitrogen and oxygen atoms in total. The first-order valence-corrected chi connectivity index (χ1v) is 9.56. The summed E-state index contributed by atoms with van der Waals surface area (Å²) in [5.41, 5.74) is 4.74. The third kappa shape index (κ3) is 3.74. The summed E-state index contributed by atoms with van der Waals surface area (Å²) in [4.78, 5) is 22.5. The molecule has 6 heteroatoms. The smallest absolute Gasteiger partial charge is 0.259 e. The van der Waals surface area contributed by atoms with E-state index in [4.69, 9.17) is 11.6 Å². The van der Waals surface area contributed by atoms with Crippen LogP contribution in [0.5, 0.6) is 0 Å². The Balaban J connectivity index is 1.84. The highest BCUT2D eigenvalue weighted by atomic mass is 35.5. The van der Waals surface area contributed by atoms with E-state index in [9.17, 15) is 9.18 Å². The first-order valence-electron chi connectivity index (χ1n) is 9.19. The van der Waals surface area contributed by atoms with Crippen molar-refractivity contribution >= 4 is 34.1 Å². The Morgan fingerprint density at radius 1 is 1.17 bits per heavy atom. The molecule has 1 N–H and O–H groups in total. The molecule has 29 heavy (non-hydrogen) atoms. The van der Waals surface area contributed by atoms with Crippen molar-refractivity contribution in [1.29, 1.82) is 0 Å². The van der Waals surface area contributed by atoms with Crippen LogP contribution in [0.1, 0.15) is 27.2 Å². The topological polar surface area (TPSA) is 49.0 Å². The molecule has 2 aromatic heterocycles. The maximum Gasteiger partial charge on any atom is 0.259 e. The molecule has 0 spiro atoms. The van der Waals surface area contributed by atoms with Crippen molar-refractivity contribution in [1.82, 2.24) is 9.97 Å². The second-order valence-electron chi connectivity index (χ2n) is 7.01. The summed E-state index contributed by atoms with van der Waals surface area (Å²) >= 11 is 6.33. The monoisotopic (exact) mass is 407 g/mol. The fourth-order valence-corrected chi connectivity index (χ4v) is 3.76. The van der Waals surface area contributed by atoms with Gasteiger partial charge in [0.15, 0.2) is 0 Å². The SMILES string of the molecule is Cc1cc2c(CN(C(=O)c3ccncc3C)c3ccc(F)cc3Cl)cccc2[nH]1. The molecular weight excluding hydrogens is 389 g/mol. The number of anilines is 1. The van der Waals surface area contributed by atoms with E-state index >= 15 is 0 Å². The van der Waals surface area contributed by atoms with Crippen molar-refractivity contribution < 1.29 is 9.18 Å². The molecule has 0 aliphatic heterocycles. The van der Waals surface area contributed by atoms with Crippen molar-refractivity contribution in [3.8, 4) is 0 Å². The predicted molar refractivity (Wildman–Crippen MR) is 114 cm³/mol. The summed E-state index contributed by atoms with van der Waals surface area (Å²) in [6, 6.07) is 13.7. The number of H-pyrrole nitrogens is 1. The lowest BCUT2D eigenvalue weighted by atomic mass is 10.1. The summed E-state index contributed by atoms with van der Waals surface area (Å²) in [6.07, 6.45) is 3.23. The van der Waals surface area contributed by atoms with E-state index in [1.54, 1.807) is 23.4 Å². The number of benzene rings is 2. The van der Waals surface area contributed by atoms with Crippen LogP contribution in [-0.4, -0.2) is 15.9 Å².